The van der Waals surface area contributed by atoms with E-state index in [1.807, 2.05) is 12.2 Å². The molecule has 0 fully saturated rings. The quantitative estimate of drug-likeness (QED) is 0.673. The first-order chi connectivity index (χ1) is 12.9. The monoisotopic (exact) mass is 392 g/mol. The van der Waals surface area contributed by atoms with Crippen LogP contribution < -0.4 is 0 Å². The number of halogens is 3. The molecule has 2 heterocycles. The zero-order valence-corrected chi connectivity index (χ0v) is 15.4. The van der Waals surface area contributed by atoms with Gasteiger partial charge in [-0.15, -0.1) is 11.8 Å². The number of allylic oxidation sites excluding steroid dienone is 6. The fourth-order valence-electron chi connectivity index (χ4n) is 3.72. The second-order valence-corrected chi connectivity index (χ2v) is 8.06. The van der Waals surface area contributed by atoms with E-state index in [4.69, 9.17) is 0 Å². The van der Waals surface area contributed by atoms with E-state index in [9.17, 15) is 18.0 Å². The number of rotatable bonds is 3. The van der Waals surface area contributed by atoms with Gasteiger partial charge in [0, 0.05) is 6.21 Å². The summed E-state index contributed by atoms with van der Waals surface area (Å²) in [5.74, 6) is 0.395. The Bertz CT molecular complexity index is 833. The zero-order chi connectivity index (χ0) is 19.0. The van der Waals surface area contributed by atoms with Crippen LogP contribution in [0.25, 0.3) is 0 Å². The average Bonchev–Trinajstić information content (AvgIpc) is 2.94. The summed E-state index contributed by atoms with van der Waals surface area (Å²) in [6, 6.07) is -0.648. The van der Waals surface area contributed by atoms with Crippen molar-refractivity contribution < 1.29 is 18.0 Å². The molecular weight excluding hydrogens is 373 g/mol. The number of hydrogen-bond donors (Lipinski definition) is 0. The number of nitrogens with zero attached hydrogens (tertiary/aromatic N) is 2. The first-order valence-electron chi connectivity index (χ1n) is 9.01. The van der Waals surface area contributed by atoms with Crippen LogP contribution in [0, 0.1) is 0 Å². The highest BCUT2D eigenvalue weighted by atomic mass is 32.2. The van der Waals surface area contributed by atoms with E-state index in [-0.39, 0.29) is 11.2 Å². The standard InChI is InChI=1S/C20H19F3N2OS/c21-20(22,23)13-6-4-7-14(12-13)25-18-16(10-5-11-24-18)17(19(25)26)27-15-8-2-1-3-9-15/h1-2,4,6,8,11-12,14,17H,3,5,7,9-10H2. The van der Waals surface area contributed by atoms with Crippen LogP contribution in [0.3, 0.4) is 0 Å². The summed E-state index contributed by atoms with van der Waals surface area (Å²) in [6.07, 6.45) is 10.8. The van der Waals surface area contributed by atoms with E-state index in [1.54, 1.807) is 6.21 Å². The number of carbonyl (C=O) groups is 1. The lowest BCUT2D eigenvalue weighted by Gasteiger charge is -2.29. The van der Waals surface area contributed by atoms with Crippen molar-refractivity contribution in [3.8, 4) is 0 Å². The minimum Gasteiger partial charge on any atom is -0.288 e. The molecule has 3 nitrogen and oxygen atoms in total. The lowest BCUT2D eigenvalue weighted by atomic mass is 10.0. The van der Waals surface area contributed by atoms with E-state index in [0.717, 1.165) is 48.3 Å². The molecule has 0 radical (unpaired) electrons. The molecule has 142 valence electrons. The van der Waals surface area contributed by atoms with Gasteiger partial charge in [-0.05, 0) is 48.7 Å². The van der Waals surface area contributed by atoms with Gasteiger partial charge in [-0.25, -0.2) is 4.99 Å². The van der Waals surface area contributed by atoms with Crippen molar-refractivity contribution in [2.45, 2.75) is 49.6 Å². The van der Waals surface area contributed by atoms with Crippen molar-refractivity contribution in [2.24, 2.45) is 4.99 Å². The molecule has 0 aromatic heterocycles. The number of alkyl halides is 3. The largest absolute Gasteiger partial charge is 0.416 e. The zero-order valence-electron chi connectivity index (χ0n) is 14.6. The summed E-state index contributed by atoms with van der Waals surface area (Å²) >= 11 is 1.52. The Morgan fingerprint density at radius 2 is 2.04 bits per heavy atom. The third kappa shape index (κ3) is 3.57. The molecule has 0 saturated heterocycles. The van der Waals surface area contributed by atoms with Crippen molar-refractivity contribution in [3.63, 3.8) is 0 Å². The van der Waals surface area contributed by atoms with Crippen LogP contribution in [-0.4, -0.2) is 34.5 Å². The maximum atomic E-state index is 13.2. The summed E-state index contributed by atoms with van der Waals surface area (Å²) in [5.41, 5.74) is 0.240. The molecule has 0 bridgehead atoms. The fraction of sp³-hybridized carbons (Fsp3) is 0.400. The maximum absolute atomic E-state index is 13.2. The van der Waals surface area contributed by atoms with Crippen molar-refractivity contribution >= 4 is 23.9 Å². The molecule has 27 heavy (non-hydrogen) atoms. The number of hydrogen-bond acceptors (Lipinski definition) is 3. The van der Waals surface area contributed by atoms with Crippen molar-refractivity contribution in [2.75, 3.05) is 0 Å². The number of aliphatic imine (C=N–C) groups is 1. The molecule has 0 aromatic carbocycles. The smallest absolute Gasteiger partial charge is 0.288 e. The molecular formula is C20H19F3N2OS. The molecule has 0 spiro atoms. The second kappa shape index (κ2) is 7.19. The van der Waals surface area contributed by atoms with E-state index in [2.05, 4.69) is 11.1 Å². The highest BCUT2D eigenvalue weighted by Crippen LogP contribution is 2.44. The number of amides is 1. The molecule has 2 aliphatic carbocycles. The van der Waals surface area contributed by atoms with E-state index < -0.39 is 17.8 Å². The average molecular weight is 392 g/mol. The van der Waals surface area contributed by atoms with Crippen LogP contribution in [0.5, 0.6) is 0 Å². The minimum absolute atomic E-state index is 0.155. The predicted octanol–water partition coefficient (Wildman–Crippen LogP) is 5.06. The van der Waals surface area contributed by atoms with Gasteiger partial charge in [0.2, 0.25) is 5.91 Å². The molecule has 2 aliphatic heterocycles. The molecule has 1 amide bonds. The van der Waals surface area contributed by atoms with Crippen LogP contribution in [0.15, 0.2) is 63.3 Å². The second-order valence-electron chi connectivity index (χ2n) is 6.83. The Kier molecular flexibility index (Phi) is 4.88. The van der Waals surface area contributed by atoms with Crippen molar-refractivity contribution in [3.05, 3.63) is 58.3 Å². The van der Waals surface area contributed by atoms with Crippen LogP contribution >= 0.6 is 11.8 Å². The molecule has 0 N–H and O–H groups in total. The molecule has 7 heteroatoms. The SMILES string of the molecule is O=C1C(SC2=CC=CCC2)C2=C(N=CCC2)N1C1C=C(C(F)(F)F)C=CC1. The van der Waals surface area contributed by atoms with Crippen LogP contribution in [0.4, 0.5) is 13.2 Å². The van der Waals surface area contributed by atoms with Gasteiger partial charge in [-0.2, -0.15) is 13.2 Å². The highest BCUT2D eigenvalue weighted by molar-refractivity contribution is 8.04. The first kappa shape index (κ1) is 18.3. The highest BCUT2D eigenvalue weighted by Gasteiger charge is 2.45. The van der Waals surface area contributed by atoms with Crippen LogP contribution in [0.1, 0.15) is 32.1 Å². The minimum atomic E-state index is -4.42. The van der Waals surface area contributed by atoms with E-state index in [1.165, 1.54) is 22.7 Å². The lowest BCUT2D eigenvalue weighted by Crippen LogP contribution is -2.39. The van der Waals surface area contributed by atoms with Gasteiger partial charge < -0.3 is 0 Å². The van der Waals surface area contributed by atoms with Crippen molar-refractivity contribution in [1.29, 1.82) is 0 Å². The summed E-state index contributed by atoms with van der Waals surface area (Å²) in [6.45, 7) is 0. The van der Waals surface area contributed by atoms with Gasteiger partial charge in [-0.1, -0.05) is 30.4 Å². The summed E-state index contributed by atoms with van der Waals surface area (Å²) in [7, 11) is 0. The maximum Gasteiger partial charge on any atom is 0.416 e. The first-order valence-corrected chi connectivity index (χ1v) is 9.89. The van der Waals surface area contributed by atoms with Gasteiger partial charge in [0.15, 0.2) is 0 Å². The predicted molar refractivity (Wildman–Crippen MR) is 101 cm³/mol. The van der Waals surface area contributed by atoms with Gasteiger partial charge in [0.05, 0.1) is 11.6 Å². The Hall–Kier alpha value is -2.02. The Labute approximate surface area is 160 Å². The number of thioether (sulfide) groups is 1. The normalized spacial score (nSPS) is 27.8. The topological polar surface area (TPSA) is 32.7 Å². The van der Waals surface area contributed by atoms with Gasteiger partial charge in [0.25, 0.3) is 0 Å². The number of carbonyl (C=O) groups excluding carboxylic acids is 1. The molecule has 4 aliphatic rings. The lowest BCUT2D eigenvalue weighted by molar-refractivity contribution is -0.128. The van der Waals surface area contributed by atoms with E-state index in [0.29, 0.717) is 12.2 Å². The van der Waals surface area contributed by atoms with Crippen molar-refractivity contribution in [1.82, 2.24) is 4.90 Å². The summed E-state index contributed by atoms with van der Waals surface area (Å²) < 4.78 is 39.4. The molecule has 2 unspecified atom stereocenters. The summed E-state index contributed by atoms with van der Waals surface area (Å²) in [4.78, 5) is 20.2. The Morgan fingerprint density at radius 3 is 2.78 bits per heavy atom. The van der Waals surface area contributed by atoms with Gasteiger partial charge in [-0.3, -0.25) is 9.69 Å². The summed E-state index contributed by atoms with van der Waals surface area (Å²) in [5, 5.41) is -0.385. The van der Waals surface area contributed by atoms with Gasteiger partial charge >= 0.3 is 6.18 Å². The van der Waals surface area contributed by atoms with E-state index >= 15 is 0 Å². The Balaban J connectivity index is 1.65. The third-order valence-corrected chi connectivity index (χ3v) is 6.37. The van der Waals surface area contributed by atoms with Crippen LogP contribution in [0.2, 0.25) is 0 Å². The Morgan fingerprint density at radius 1 is 1.19 bits per heavy atom. The molecule has 4 rings (SSSR count). The third-order valence-electron chi connectivity index (χ3n) is 5.00. The molecule has 2 atom stereocenters. The fourth-order valence-corrected chi connectivity index (χ4v) is 4.99. The van der Waals surface area contributed by atoms with Crippen LogP contribution in [-0.2, 0) is 4.79 Å². The van der Waals surface area contributed by atoms with Gasteiger partial charge in [0.1, 0.15) is 11.1 Å². The molecule has 0 aromatic rings. The molecule has 0 saturated carbocycles.